The first-order valence-electron chi connectivity index (χ1n) is 7.12. The van der Waals surface area contributed by atoms with Gasteiger partial charge in [-0.3, -0.25) is 4.40 Å². The molecule has 0 aliphatic rings. The van der Waals surface area contributed by atoms with Crippen LogP contribution in [0.3, 0.4) is 0 Å². The van der Waals surface area contributed by atoms with Crippen molar-refractivity contribution in [3.8, 4) is 10.7 Å². The van der Waals surface area contributed by atoms with E-state index in [1.54, 1.807) is 11.3 Å². The van der Waals surface area contributed by atoms with Crippen molar-refractivity contribution in [1.82, 2.24) is 14.4 Å². The van der Waals surface area contributed by atoms with E-state index in [9.17, 15) is 0 Å². The molecule has 0 saturated carbocycles. The van der Waals surface area contributed by atoms with Gasteiger partial charge in [-0.15, -0.1) is 11.3 Å². The SMILES string of the molecule is c1csc(-c2nc3ccccc3c3nc4ccccc4n23)c1. The van der Waals surface area contributed by atoms with Crippen molar-refractivity contribution in [2.24, 2.45) is 0 Å². The van der Waals surface area contributed by atoms with Crippen molar-refractivity contribution >= 4 is 38.9 Å². The number of benzene rings is 2. The van der Waals surface area contributed by atoms with Crippen LogP contribution in [-0.2, 0) is 0 Å². The molecule has 0 spiro atoms. The van der Waals surface area contributed by atoms with Crippen LogP contribution in [0.25, 0.3) is 38.3 Å². The summed E-state index contributed by atoms with van der Waals surface area (Å²) < 4.78 is 2.17. The van der Waals surface area contributed by atoms with E-state index >= 15 is 0 Å². The lowest BCUT2D eigenvalue weighted by Crippen LogP contribution is -1.96. The fourth-order valence-electron chi connectivity index (χ4n) is 2.92. The predicted molar refractivity (Wildman–Crippen MR) is 91.3 cm³/mol. The number of hydrogen-bond acceptors (Lipinski definition) is 3. The van der Waals surface area contributed by atoms with E-state index in [-0.39, 0.29) is 0 Å². The van der Waals surface area contributed by atoms with Gasteiger partial charge in [-0.05, 0) is 35.7 Å². The zero-order valence-corrected chi connectivity index (χ0v) is 12.4. The minimum Gasteiger partial charge on any atom is -0.275 e. The summed E-state index contributed by atoms with van der Waals surface area (Å²) in [5, 5.41) is 3.16. The number of fused-ring (bicyclic) bond motifs is 5. The molecule has 0 N–H and O–H groups in total. The minimum absolute atomic E-state index is 0.956. The maximum absolute atomic E-state index is 4.90. The highest BCUT2D eigenvalue weighted by Gasteiger charge is 2.15. The first kappa shape index (κ1) is 11.9. The van der Waals surface area contributed by atoms with Crippen LogP contribution in [0.2, 0.25) is 0 Å². The molecule has 0 fully saturated rings. The Labute approximate surface area is 130 Å². The summed E-state index contributed by atoms with van der Waals surface area (Å²) >= 11 is 1.70. The Morgan fingerprint density at radius 3 is 2.45 bits per heavy atom. The average Bonchev–Trinajstić information content (AvgIpc) is 3.22. The van der Waals surface area contributed by atoms with Gasteiger partial charge in [0.05, 0.1) is 21.4 Å². The number of hydrogen-bond donors (Lipinski definition) is 0. The molecule has 3 nitrogen and oxygen atoms in total. The molecule has 0 saturated heterocycles. The third-order valence-electron chi connectivity index (χ3n) is 3.89. The Hall–Kier alpha value is -2.72. The molecule has 0 radical (unpaired) electrons. The van der Waals surface area contributed by atoms with Crippen LogP contribution in [-0.4, -0.2) is 14.4 Å². The van der Waals surface area contributed by atoms with Gasteiger partial charge in [0.25, 0.3) is 0 Å². The predicted octanol–water partition coefficient (Wildman–Crippen LogP) is 4.76. The molecule has 0 unspecified atom stereocenters. The van der Waals surface area contributed by atoms with Gasteiger partial charge in [0, 0.05) is 5.39 Å². The Balaban J connectivity index is 2.09. The fraction of sp³-hybridized carbons (Fsp3) is 0. The van der Waals surface area contributed by atoms with Crippen LogP contribution in [0.5, 0.6) is 0 Å². The highest BCUT2D eigenvalue weighted by molar-refractivity contribution is 7.13. The summed E-state index contributed by atoms with van der Waals surface area (Å²) in [6.45, 7) is 0. The Kier molecular flexibility index (Phi) is 2.37. The molecule has 0 amide bonds. The number of aromatic nitrogens is 3. The lowest BCUT2D eigenvalue weighted by Gasteiger charge is -2.07. The molecule has 0 bridgehead atoms. The number of nitrogens with zero attached hydrogens (tertiary/aromatic N) is 3. The van der Waals surface area contributed by atoms with Gasteiger partial charge in [-0.1, -0.05) is 30.3 Å². The monoisotopic (exact) mass is 301 g/mol. The summed E-state index contributed by atoms with van der Waals surface area (Å²) in [5.74, 6) is 0.956. The van der Waals surface area contributed by atoms with Crippen LogP contribution in [0.1, 0.15) is 0 Å². The van der Waals surface area contributed by atoms with Crippen molar-refractivity contribution in [2.75, 3.05) is 0 Å². The zero-order chi connectivity index (χ0) is 14.5. The Morgan fingerprint density at radius 2 is 1.59 bits per heavy atom. The molecule has 5 aromatic rings. The van der Waals surface area contributed by atoms with Crippen LogP contribution < -0.4 is 0 Å². The average molecular weight is 301 g/mol. The molecular formula is C18H11N3S. The van der Waals surface area contributed by atoms with Gasteiger partial charge >= 0.3 is 0 Å². The van der Waals surface area contributed by atoms with E-state index in [1.807, 2.05) is 30.3 Å². The third-order valence-corrected chi connectivity index (χ3v) is 4.75. The largest absolute Gasteiger partial charge is 0.275 e. The van der Waals surface area contributed by atoms with Gasteiger partial charge in [0.15, 0.2) is 5.82 Å². The van der Waals surface area contributed by atoms with Crippen molar-refractivity contribution in [2.45, 2.75) is 0 Å². The maximum Gasteiger partial charge on any atom is 0.156 e. The van der Waals surface area contributed by atoms with E-state index < -0.39 is 0 Å². The summed E-state index contributed by atoms with van der Waals surface area (Å²) in [4.78, 5) is 10.9. The van der Waals surface area contributed by atoms with Crippen LogP contribution in [0, 0.1) is 0 Å². The van der Waals surface area contributed by atoms with Gasteiger partial charge in [0.1, 0.15) is 5.65 Å². The van der Waals surface area contributed by atoms with E-state index in [1.165, 1.54) is 0 Å². The second-order valence-corrected chi connectivity index (χ2v) is 6.14. The second kappa shape index (κ2) is 4.39. The molecule has 0 aliphatic heterocycles. The zero-order valence-electron chi connectivity index (χ0n) is 11.6. The molecule has 4 heteroatoms. The van der Waals surface area contributed by atoms with Gasteiger partial charge in [0.2, 0.25) is 0 Å². The van der Waals surface area contributed by atoms with Gasteiger partial charge in [-0.2, -0.15) is 0 Å². The van der Waals surface area contributed by atoms with Crippen LogP contribution >= 0.6 is 11.3 Å². The lowest BCUT2D eigenvalue weighted by molar-refractivity contribution is 1.17. The molecule has 3 heterocycles. The standard InChI is InChI=1S/C18H11N3S/c1-2-7-13-12(6-1)17-20-14-8-3-4-9-15(14)21(17)18(19-13)16-10-5-11-22-16/h1-11H. The quantitative estimate of drug-likeness (QED) is 0.446. The van der Waals surface area contributed by atoms with Crippen molar-refractivity contribution < 1.29 is 0 Å². The summed E-state index contributed by atoms with van der Waals surface area (Å²) in [6.07, 6.45) is 0. The molecule has 2 aromatic carbocycles. The fourth-order valence-corrected chi connectivity index (χ4v) is 3.62. The first-order valence-corrected chi connectivity index (χ1v) is 7.99. The molecule has 5 rings (SSSR count). The highest BCUT2D eigenvalue weighted by atomic mass is 32.1. The van der Waals surface area contributed by atoms with E-state index in [2.05, 4.69) is 40.1 Å². The van der Waals surface area contributed by atoms with Gasteiger partial charge in [-0.25, -0.2) is 9.97 Å². The Bertz CT molecular complexity index is 1120. The highest BCUT2D eigenvalue weighted by Crippen LogP contribution is 2.31. The minimum atomic E-state index is 0.956. The lowest BCUT2D eigenvalue weighted by atomic mass is 10.2. The van der Waals surface area contributed by atoms with E-state index in [0.29, 0.717) is 0 Å². The second-order valence-electron chi connectivity index (χ2n) is 5.19. The Morgan fingerprint density at radius 1 is 0.773 bits per heavy atom. The van der Waals surface area contributed by atoms with Crippen LogP contribution in [0.4, 0.5) is 0 Å². The van der Waals surface area contributed by atoms with Crippen molar-refractivity contribution in [3.63, 3.8) is 0 Å². The summed E-state index contributed by atoms with van der Waals surface area (Å²) in [7, 11) is 0. The summed E-state index contributed by atoms with van der Waals surface area (Å²) in [6, 6.07) is 20.6. The smallest absolute Gasteiger partial charge is 0.156 e. The van der Waals surface area contributed by atoms with Crippen molar-refractivity contribution in [3.05, 3.63) is 66.0 Å². The van der Waals surface area contributed by atoms with Crippen LogP contribution in [0.15, 0.2) is 66.0 Å². The van der Waals surface area contributed by atoms with E-state index in [0.717, 1.165) is 38.3 Å². The number of thiophene rings is 1. The molecule has 0 atom stereocenters. The number of para-hydroxylation sites is 3. The van der Waals surface area contributed by atoms with E-state index in [4.69, 9.17) is 9.97 Å². The number of imidazole rings is 1. The van der Waals surface area contributed by atoms with Crippen molar-refractivity contribution in [1.29, 1.82) is 0 Å². The maximum atomic E-state index is 4.90. The summed E-state index contributed by atoms with van der Waals surface area (Å²) in [5.41, 5.74) is 4.04. The molecule has 22 heavy (non-hydrogen) atoms. The third kappa shape index (κ3) is 1.55. The molecule has 3 aromatic heterocycles. The topological polar surface area (TPSA) is 30.2 Å². The first-order chi connectivity index (χ1) is 10.9. The molecule has 0 aliphatic carbocycles. The normalized spacial score (nSPS) is 11.6. The molecule has 104 valence electrons. The molecular weight excluding hydrogens is 290 g/mol. The number of rotatable bonds is 1. The van der Waals surface area contributed by atoms with Gasteiger partial charge < -0.3 is 0 Å².